The zero-order chi connectivity index (χ0) is 14.9. The number of rotatable bonds is 2. The van der Waals surface area contributed by atoms with Crippen LogP contribution in [0.2, 0.25) is 0 Å². The molecule has 0 amide bonds. The van der Waals surface area contributed by atoms with Crippen LogP contribution in [0, 0.1) is 18.7 Å². The van der Waals surface area contributed by atoms with Gasteiger partial charge in [0.1, 0.15) is 5.82 Å². The molecule has 2 nitrogen and oxygen atoms in total. The molecule has 0 aromatic heterocycles. The van der Waals surface area contributed by atoms with Gasteiger partial charge in [0.25, 0.3) is 0 Å². The first-order chi connectivity index (χ1) is 10.1. The molecular formula is C18H25FO2. The molecule has 3 heteroatoms. The number of benzene rings is 1. The minimum absolute atomic E-state index is 0.00389. The molecule has 1 heterocycles. The largest absolute Gasteiger partial charge is 0.388 e. The molecule has 2 atom stereocenters. The maximum absolute atomic E-state index is 13.2. The summed E-state index contributed by atoms with van der Waals surface area (Å²) in [5.74, 6) is -0.0137. The van der Waals surface area contributed by atoms with Gasteiger partial charge in [0.2, 0.25) is 0 Å². The summed E-state index contributed by atoms with van der Waals surface area (Å²) >= 11 is 0. The average Bonchev–Trinajstić information content (AvgIpc) is 2.47. The highest BCUT2D eigenvalue weighted by molar-refractivity contribution is 5.29. The predicted octanol–water partition coefficient (Wildman–Crippen LogP) is 4.30. The van der Waals surface area contributed by atoms with E-state index in [4.69, 9.17) is 4.74 Å². The van der Waals surface area contributed by atoms with E-state index >= 15 is 0 Å². The first kappa shape index (κ1) is 15.0. The number of hydrogen-bond donors (Lipinski definition) is 1. The number of aliphatic hydroxyl groups excluding tert-OH is 1. The monoisotopic (exact) mass is 292 g/mol. The molecule has 1 spiro atoms. The molecule has 1 N–H and O–H groups in total. The van der Waals surface area contributed by atoms with E-state index in [1.807, 2.05) is 6.92 Å². The molecule has 1 aromatic carbocycles. The van der Waals surface area contributed by atoms with Crippen LogP contribution in [-0.4, -0.2) is 17.3 Å². The van der Waals surface area contributed by atoms with Crippen LogP contribution in [0.3, 0.4) is 0 Å². The topological polar surface area (TPSA) is 29.5 Å². The van der Waals surface area contributed by atoms with Crippen molar-refractivity contribution in [3.63, 3.8) is 0 Å². The van der Waals surface area contributed by atoms with Crippen molar-refractivity contribution in [2.45, 2.75) is 63.6 Å². The molecule has 1 saturated heterocycles. The predicted molar refractivity (Wildman–Crippen MR) is 80.6 cm³/mol. The summed E-state index contributed by atoms with van der Waals surface area (Å²) in [4.78, 5) is 0. The van der Waals surface area contributed by atoms with Gasteiger partial charge in [-0.1, -0.05) is 25.3 Å². The van der Waals surface area contributed by atoms with Crippen LogP contribution in [-0.2, 0) is 4.74 Å². The van der Waals surface area contributed by atoms with Gasteiger partial charge in [-0.15, -0.1) is 0 Å². The molecular weight excluding hydrogens is 267 g/mol. The minimum atomic E-state index is -0.506. The van der Waals surface area contributed by atoms with Crippen molar-refractivity contribution < 1.29 is 14.2 Å². The Hall–Kier alpha value is -0.930. The van der Waals surface area contributed by atoms with Gasteiger partial charge in [-0.05, 0) is 61.8 Å². The van der Waals surface area contributed by atoms with Crippen molar-refractivity contribution in [2.75, 3.05) is 6.61 Å². The number of halogens is 1. The molecule has 1 saturated carbocycles. The van der Waals surface area contributed by atoms with E-state index in [0.717, 1.165) is 43.4 Å². The Morgan fingerprint density at radius 3 is 2.76 bits per heavy atom. The van der Waals surface area contributed by atoms with Crippen molar-refractivity contribution in [1.82, 2.24) is 0 Å². The van der Waals surface area contributed by atoms with Gasteiger partial charge in [-0.3, -0.25) is 0 Å². The van der Waals surface area contributed by atoms with Crippen LogP contribution in [0.1, 0.15) is 62.2 Å². The Labute approximate surface area is 126 Å². The fourth-order valence-corrected chi connectivity index (χ4v) is 4.10. The second-order valence-electron chi connectivity index (χ2n) is 6.79. The third-order valence-electron chi connectivity index (χ3n) is 5.29. The van der Waals surface area contributed by atoms with Gasteiger partial charge < -0.3 is 9.84 Å². The average molecular weight is 292 g/mol. The van der Waals surface area contributed by atoms with E-state index in [0.29, 0.717) is 0 Å². The van der Waals surface area contributed by atoms with Crippen molar-refractivity contribution in [3.05, 3.63) is 35.1 Å². The smallest absolute Gasteiger partial charge is 0.123 e. The summed E-state index contributed by atoms with van der Waals surface area (Å²) in [6, 6.07) is 4.69. The lowest BCUT2D eigenvalue weighted by Gasteiger charge is -2.44. The van der Waals surface area contributed by atoms with Gasteiger partial charge in [-0.2, -0.15) is 0 Å². The van der Waals surface area contributed by atoms with Crippen LogP contribution < -0.4 is 0 Å². The fraction of sp³-hybridized carbons (Fsp3) is 0.667. The van der Waals surface area contributed by atoms with Crippen molar-refractivity contribution in [3.8, 4) is 0 Å². The molecule has 1 aromatic rings. The summed E-state index contributed by atoms with van der Waals surface area (Å²) in [6.45, 7) is 2.61. The van der Waals surface area contributed by atoms with Crippen LogP contribution in [0.25, 0.3) is 0 Å². The third-order valence-corrected chi connectivity index (χ3v) is 5.29. The van der Waals surface area contributed by atoms with Gasteiger partial charge in [0.05, 0.1) is 11.7 Å². The zero-order valence-corrected chi connectivity index (χ0v) is 12.8. The lowest BCUT2D eigenvalue weighted by Crippen LogP contribution is -2.42. The Morgan fingerprint density at radius 2 is 2.05 bits per heavy atom. The Balaban J connectivity index is 1.76. The zero-order valence-electron chi connectivity index (χ0n) is 12.8. The highest BCUT2D eigenvalue weighted by atomic mass is 19.1. The molecule has 3 rings (SSSR count). The molecule has 21 heavy (non-hydrogen) atoms. The lowest BCUT2D eigenvalue weighted by molar-refractivity contribution is -0.134. The Morgan fingerprint density at radius 1 is 1.29 bits per heavy atom. The van der Waals surface area contributed by atoms with Crippen molar-refractivity contribution >= 4 is 0 Å². The molecule has 116 valence electrons. The van der Waals surface area contributed by atoms with Crippen LogP contribution in [0.15, 0.2) is 18.2 Å². The van der Waals surface area contributed by atoms with E-state index in [-0.39, 0.29) is 17.3 Å². The molecule has 1 aliphatic carbocycles. The quantitative estimate of drug-likeness (QED) is 0.880. The van der Waals surface area contributed by atoms with E-state index in [9.17, 15) is 9.50 Å². The van der Waals surface area contributed by atoms with Crippen molar-refractivity contribution in [2.24, 2.45) is 5.92 Å². The molecule has 2 fully saturated rings. The molecule has 1 aliphatic heterocycles. The number of aryl methyl sites for hydroxylation is 1. The van der Waals surface area contributed by atoms with Crippen LogP contribution in [0.4, 0.5) is 4.39 Å². The van der Waals surface area contributed by atoms with Gasteiger partial charge in [-0.25, -0.2) is 4.39 Å². The first-order valence-corrected chi connectivity index (χ1v) is 8.18. The third kappa shape index (κ3) is 3.14. The second kappa shape index (κ2) is 6.05. The van der Waals surface area contributed by atoms with Crippen LogP contribution >= 0.6 is 0 Å². The van der Waals surface area contributed by atoms with Crippen LogP contribution in [0.5, 0.6) is 0 Å². The van der Waals surface area contributed by atoms with Gasteiger partial charge in [0, 0.05) is 6.61 Å². The highest BCUT2D eigenvalue weighted by Gasteiger charge is 2.40. The van der Waals surface area contributed by atoms with E-state index in [1.165, 1.54) is 31.4 Å². The lowest BCUT2D eigenvalue weighted by atomic mass is 9.73. The second-order valence-corrected chi connectivity index (χ2v) is 6.79. The Bertz CT molecular complexity index is 488. The molecule has 0 radical (unpaired) electrons. The number of aliphatic hydroxyl groups is 1. The molecule has 0 bridgehead atoms. The highest BCUT2D eigenvalue weighted by Crippen LogP contribution is 2.44. The maximum Gasteiger partial charge on any atom is 0.123 e. The summed E-state index contributed by atoms with van der Waals surface area (Å²) in [6.07, 6.45) is 7.34. The minimum Gasteiger partial charge on any atom is -0.388 e. The van der Waals surface area contributed by atoms with E-state index in [1.54, 1.807) is 6.07 Å². The standard InChI is InChI=1S/C18H25FO2/c1-13-11-15(19)5-6-16(13)17(20)14-7-10-21-18(12-14)8-3-2-4-9-18/h5-6,11,14,17,20H,2-4,7-10,12H2,1H3. The summed E-state index contributed by atoms with van der Waals surface area (Å²) in [5.41, 5.74) is 1.71. The normalized spacial score (nSPS) is 26.7. The van der Waals surface area contributed by atoms with Gasteiger partial charge >= 0.3 is 0 Å². The molecule has 2 aliphatic rings. The number of ether oxygens (including phenoxy) is 1. The summed E-state index contributed by atoms with van der Waals surface area (Å²) in [5, 5.41) is 10.8. The van der Waals surface area contributed by atoms with E-state index in [2.05, 4.69) is 0 Å². The number of hydrogen-bond acceptors (Lipinski definition) is 2. The maximum atomic E-state index is 13.2. The fourth-order valence-electron chi connectivity index (χ4n) is 4.10. The first-order valence-electron chi connectivity index (χ1n) is 8.18. The summed E-state index contributed by atoms with van der Waals surface area (Å²) in [7, 11) is 0. The van der Waals surface area contributed by atoms with E-state index < -0.39 is 6.10 Å². The Kier molecular flexibility index (Phi) is 4.32. The molecule has 2 unspecified atom stereocenters. The van der Waals surface area contributed by atoms with Crippen molar-refractivity contribution in [1.29, 1.82) is 0 Å². The summed E-state index contributed by atoms with van der Waals surface area (Å²) < 4.78 is 19.3. The van der Waals surface area contributed by atoms with Gasteiger partial charge in [0.15, 0.2) is 0 Å². The SMILES string of the molecule is Cc1cc(F)ccc1C(O)C1CCOC2(CCCCC2)C1.